The maximum absolute atomic E-state index is 6.53. The van der Waals surface area contributed by atoms with Gasteiger partial charge in [0.15, 0.2) is 5.84 Å². The Morgan fingerprint density at radius 1 is 0.891 bits per heavy atom. The molecule has 1 saturated heterocycles. The van der Waals surface area contributed by atoms with Crippen LogP contribution in [0.3, 0.4) is 0 Å². The molecule has 4 aromatic carbocycles. The van der Waals surface area contributed by atoms with Gasteiger partial charge in [0.25, 0.3) is 0 Å². The fourth-order valence-electron chi connectivity index (χ4n) is 7.31. The summed E-state index contributed by atoms with van der Waals surface area (Å²) in [5.74, 6) is 2.47. The van der Waals surface area contributed by atoms with Gasteiger partial charge >= 0.3 is 0 Å². The zero-order valence-electron chi connectivity index (χ0n) is 26.2. The van der Waals surface area contributed by atoms with Gasteiger partial charge in [0, 0.05) is 39.1 Å². The Bertz CT molecular complexity index is 2260. The van der Waals surface area contributed by atoms with E-state index >= 15 is 0 Å². The van der Waals surface area contributed by atoms with Gasteiger partial charge < -0.3 is 4.42 Å². The van der Waals surface area contributed by atoms with Crippen molar-refractivity contribution < 1.29 is 4.42 Å². The van der Waals surface area contributed by atoms with E-state index in [1.165, 1.54) is 26.7 Å². The highest BCUT2D eigenvalue weighted by atomic mass is 28.2. The molecule has 5 nitrogen and oxygen atoms in total. The number of allylic oxidation sites excluding steroid dienone is 4. The van der Waals surface area contributed by atoms with Crippen LogP contribution in [0.1, 0.15) is 37.2 Å². The third-order valence-electron chi connectivity index (χ3n) is 9.89. The molecular formula is C40H36N4OSi. The lowest BCUT2D eigenvalue weighted by molar-refractivity contribution is 0.383. The van der Waals surface area contributed by atoms with E-state index in [1.54, 1.807) is 0 Å². The van der Waals surface area contributed by atoms with Crippen molar-refractivity contribution in [1.82, 2.24) is 15.1 Å². The summed E-state index contributed by atoms with van der Waals surface area (Å²) in [6.07, 6.45) is 15.5. The lowest BCUT2D eigenvalue weighted by atomic mass is 9.82. The maximum Gasteiger partial charge on any atom is 0.172 e. The number of hydrogen-bond donors (Lipinski definition) is 1. The van der Waals surface area contributed by atoms with Gasteiger partial charge in [-0.3, -0.25) is 5.01 Å². The Morgan fingerprint density at radius 3 is 2.50 bits per heavy atom. The second kappa shape index (κ2) is 10.6. The Kier molecular flexibility index (Phi) is 6.30. The van der Waals surface area contributed by atoms with Gasteiger partial charge in [-0.1, -0.05) is 133 Å². The van der Waals surface area contributed by atoms with Crippen LogP contribution < -0.4 is 15.8 Å². The van der Waals surface area contributed by atoms with E-state index < -0.39 is 9.52 Å². The molecule has 1 N–H and O–H groups in total. The second-order valence-corrected chi connectivity index (χ2v) is 15.3. The number of furan rings is 1. The molecule has 6 aromatic rings. The number of rotatable bonds is 5. The molecule has 0 bridgehead atoms. The highest BCUT2D eigenvalue weighted by Crippen LogP contribution is 2.41. The molecule has 3 heterocycles. The Morgan fingerprint density at radius 2 is 1.70 bits per heavy atom. The zero-order chi connectivity index (χ0) is 30.8. The predicted molar refractivity (Wildman–Crippen MR) is 194 cm³/mol. The summed E-state index contributed by atoms with van der Waals surface area (Å²) < 4.78 is 8.70. The fraction of sp³-hybridized carbons (Fsp3) is 0.175. The van der Waals surface area contributed by atoms with Crippen molar-refractivity contribution in [2.75, 3.05) is 0 Å². The molecule has 3 atom stereocenters. The van der Waals surface area contributed by atoms with Gasteiger partial charge in [-0.2, -0.15) is 0 Å². The van der Waals surface area contributed by atoms with Gasteiger partial charge in [0.2, 0.25) is 0 Å². The molecule has 3 unspecified atom stereocenters. The quantitative estimate of drug-likeness (QED) is 0.101. The number of benzene rings is 4. The molecule has 1 aliphatic heterocycles. The SMILES string of the molecule is CC1C=Cc2c(oc3cc4c5cc([SiH2]c6ccccc6)ccc5n(/N=C(/c5ccccc5)N5NC5C5(C)C=CC=CC5)c4cc23)C1. The second-order valence-electron chi connectivity index (χ2n) is 13.4. The van der Waals surface area contributed by atoms with Crippen LogP contribution in [0.2, 0.25) is 0 Å². The number of nitrogens with zero attached hydrogens (tertiary/aromatic N) is 3. The van der Waals surface area contributed by atoms with Crippen LogP contribution in [0.4, 0.5) is 0 Å². The summed E-state index contributed by atoms with van der Waals surface area (Å²) in [4.78, 5) is 0. The topological polar surface area (TPSA) is 55.4 Å². The summed E-state index contributed by atoms with van der Waals surface area (Å²) >= 11 is 0. The predicted octanol–water partition coefficient (Wildman–Crippen LogP) is 6.74. The van der Waals surface area contributed by atoms with Crippen LogP contribution >= 0.6 is 0 Å². The highest BCUT2D eigenvalue weighted by molar-refractivity contribution is 6.67. The van der Waals surface area contributed by atoms with Crippen LogP contribution in [0.25, 0.3) is 38.9 Å². The Hall–Kier alpha value is -4.91. The molecule has 0 spiro atoms. The Labute approximate surface area is 271 Å². The van der Waals surface area contributed by atoms with E-state index in [9.17, 15) is 0 Å². The van der Waals surface area contributed by atoms with E-state index in [0.29, 0.717) is 5.92 Å². The van der Waals surface area contributed by atoms with E-state index in [2.05, 4.69) is 156 Å². The first-order valence-electron chi connectivity index (χ1n) is 16.3. The molecule has 9 rings (SSSR count). The van der Waals surface area contributed by atoms with Gasteiger partial charge in [0.05, 0.1) is 20.6 Å². The smallest absolute Gasteiger partial charge is 0.172 e. The minimum Gasteiger partial charge on any atom is -0.460 e. The number of nitrogens with one attached hydrogen (secondary N) is 1. The number of fused-ring (bicyclic) bond motifs is 6. The molecule has 46 heavy (non-hydrogen) atoms. The van der Waals surface area contributed by atoms with Crippen LogP contribution in [-0.4, -0.2) is 31.2 Å². The van der Waals surface area contributed by atoms with Gasteiger partial charge in [-0.15, -0.1) is 5.10 Å². The normalized spacial score (nSPS) is 22.6. The first-order chi connectivity index (χ1) is 22.5. The van der Waals surface area contributed by atoms with Crippen LogP contribution in [0.5, 0.6) is 0 Å². The molecule has 2 aliphatic carbocycles. The van der Waals surface area contributed by atoms with E-state index in [0.717, 1.165) is 52.0 Å². The molecule has 3 aliphatic rings. The lowest BCUT2D eigenvalue weighted by Gasteiger charge is -2.25. The van der Waals surface area contributed by atoms with Crippen LogP contribution in [0, 0.1) is 11.3 Å². The summed E-state index contributed by atoms with van der Waals surface area (Å²) in [5.41, 5.74) is 9.09. The minimum atomic E-state index is -0.628. The van der Waals surface area contributed by atoms with Crippen molar-refractivity contribution in [3.63, 3.8) is 0 Å². The van der Waals surface area contributed by atoms with E-state index in [-0.39, 0.29) is 11.6 Å². The van der Waals surface area contributed by atoms with Crippen molar-refractivity contribution in [2.24, 2.45) is 16.4 Å². The number of amidine groups is 1. The zero-order valence-corrected chi connectivity index (χ0v) is 27.6. The van der Waals surface area contributed by atoms with Crippen molar-refractivity contribution >= 4 is 64.6 Å². The summed E-state index contributed by atoms with van der Waals surface area (Å²) in [6.45, 7) is 4.57. The lowest BCUT2D eigenvalue weighted by Crippen LogP contribution is -2.28. The third-order valence-corrected chi connectivity index (χ3v) is 11.6. The molecule has 0 saturated carbocycles. The summed E-state index contributed by atoms with van der Waals surface area (Å²) in [7, 11) is -0.628. The molecule has 6 heteroatoms. The largest absolute Gasteiger partial charge is 0.460 e. The molecule has 2 aromatic heterocycles. The average Bonchev–Trinajstić information content (AvgIpc) is 3.74. The highest BCUT2D eigenvalue weighted by Gasteiger charge is 2.49. The van der Waals surface area contributed by atoms with Crippen molar-refractivity contribution in [2.45, 2.75) is 32.9 Å². The van der Waals surface area contributed by atoms with Crippen molar-refractivity contribution in [3.8, 4) is 0 Å². The van der Waals surface area contributed by atoms with E-state index in [4.69, 9.17) is 9.52 Å². The third kappa shape index (κ3) is 4.59. The van der Waals surface area contributed by atoms with Crippen LogP contribution in [0.15, 0.2) is 131 Å². The maximum atomic E-state index is 6.53. The number of hydrazine groups is 1. The van der Waals surface area contributed by atoms with Crippen LogP contribution in [-0.2, 0) is 6.42 Å². The average molecular weight is 617 g/mol. The Balaban J connectivity index is 1.26. The van der Waals surface area contributed by atoms with Crippen molar-refractivity contribution in [1.29, 1.82) is 0 Å². The number of hydrogen-bond acceptors (Lipinski definition) is 3. The molecule has 0 amide bonds. The monoisotopic (exact) mass is 616 g/mol. The molecule has 0 radical (unpaired) electrons. The van der Waals surface area contributed by atoms with Gasteiger partial charge in [-0.05, 0) is 30.5 Å². The first-order valence-corrected chi connectivity index (χ1v) is 17.7. The minimum absolute atomic E-state index is 0.0203. The number of aromatic nitrogens is 1. The van der Waals surface area contributed by atoms with E-state index in [1.807, 2.05) is 0 Å². The molecular weight excluding hydrogens is 581 g/mol. The van der Waals surface area contributed by atoms with Gasteiger partial charge in [0.1, 0.15) is 17.5 Å². The summed E-state index contributed by atoms with van der Waals surface area (Å²) in [5, 5.41) is 14.2. The molecule has 1 fully saturated rings. The summed E-state index contributed by atoms with van der Waals surface area (Å²) in [6, 6.07) is 33.0. The standard InChI is InChI=1S/C40H36N4OSi/c1-26-16-18-30-33-24-35-32(25-37(33)45-36(30)22-26)31-23-29(46-28-14-8-4-9-15-28)17-19-34(31)43(35)41-38(27-12-6-3-7-13-27)44-39(42-44)40(2)20-10-5-11-21-40/h3-20,23-26,39,42H,21-22,46H2,1-2H3/b41-38-. The van der Waals surface area contributed by atoms with Gasteiger partial charge in [-0.25, -0.2) is 10.1 Å². The van der Waals surface area contributed by atoms with Crippen molar-refractivity contribution in [3.05, 3.63) is 138 Å². The fourth-order valence-corrected chi connectivity index (χ4v) is 8.83. The molecule has 226 valence electrons. The first kappa shape index (κ1) is 27.4.